The summed E-state index contributed by atoms with van der Waals surface area (Å²) in [5, 5.41) is 1.25. The standard InChI is InChI=1S/C26H31NO5/c1-15-13-17(3)21(18(4)14-15)22-23(31-25(29)20-12-10-9-11-16(20)2)26(6,7)27(24(22)28)32-19(5)30-8/h9-14,19H,1-8H3. The van der Waals surface area contributed by atoms with Crippen LogP contribution in [0.1, 0.15) is 58.9 Å². The van der Waals surface area contributed by atoms with Crippen molar-refractivity contribution in [1.82, 2.24) is 5.06 Å². The lowest BCUT2D eigenvalue weighted by Gasteiger charge is -2.33. The number of aryl methyl sites for hydroxylation is 4. The molecule has 0 radical (unpaired) electrons. The van der Waals surface area contributed by atoms with Crippen LogP contribution in [-0.4, -0.2) is 35.9 Å². The predicted molar refractivity (Wildman–Crippen MR) is 123 cm³/mol. The fraction of sp³-hybridized carbons (Fsp3) is 0.385. The van der Waals surface area contributed by atoms with Gasteiger partial charge in [0.05, 0.1) is 11.1 Å². The molecule has 2 aromatic carbocycles. The number of carbonyl (C=O) groups excluding carboxylic acids is 2. The lowest BCUT2D eigenvalue weighted by atomic mass is 9.91. The molecule has 1 aliphatic rings. The highest BCUT2D eigenvalue weighted by Crippen LogP contribution is 2.43. The summed E-state index contributed by atoms with van der Waals surface area (Å²) in [6, 6.07) is 11.2. The quantitative estimate of drug-likeness (QED) is 0.468. The lowest BCUT2D eigenvalue weighted by Crippen LogP contribution is -2.46. The summed E-state index contributed by atoms with van der Waals surface area (Å²) in [4.78, 5) is 32.6. The van der Waals surface area contributed by atoms with Crippen LogP contribution >= 0.6 is 0 Å². The van der Waals surface area contributed by atoms with E-state index in [-0.39, 0.29) is 11.7 Å². The van der Waals surface area contributed by atoms with Crippen LogP contribution in [0.2, 0.25) is 0 Å². The Kier molecular flexibility index (Phi) is 6.58. The molecule has 1 amide bonds. The maximum Gasteiger partial charge on any atom is 0.343 e. The van der Waals surface area contributed by atoms with Crippen molar-refractivity contribution in [2.45, 2.75) is 60.3 Å². The zero-order valence-electron chi connectivity index (χ0n) is 20.0. The molecule has 0 spiro atoms. The number of hydroxylamine groups is 2. The van der Waals surface area contributed by atoms with E-state index in [1.165, 1.54) is 12.2 Å². The minimum atomic E-state index is -1.04. The molecule has 1 aliphatic heterocycles. The maximum absolute atomic E-state index is 13.7. The second-order valence-electron chi connectivity index (χ2n) is 8.75. The third-order valence-corrected chi connectivity index (χ3v) is 5.76. The van der Waals surface area contributed by atoms with Crippen LogP contribution in [0.4, 0.5) is 0 Å². The van der Waals surface area contributed by atoms with Gasteiger partial charge in [-0.15, -0.1) is 0 Å². The van der Waals surface area contributed by atoms with E-state index < -0.39 is 17.8 Å². The Hall–Kier alpha value is -2.96. The van der Waals surface area contributed by atoms with Crippen molar-refractivity contribution in [3.63, 3.8) is 0 Å². The minimum absolute atomic E-state index is 0.258. The molecular weight excluding hydrogens is 406 g/mol. The molecule has 1 unspecified atom stereocenters. The minimum Gasteiger partial charge on any atom is -0.424 e. The smallest absolute Gasteiger partial charge is 0.343 e. The number of hydrogen-bond acceptors (Lipinski definition) is 5. The van der Waals surface area contributed by atoms with Crippen molar-refractivity contribution < 1.29 is 23.9 Å². The number of ether oxygens (including phenoxy) is 2. The third kappa shape index (κ3) is 4.20. The van der Waals surface area contributed by atoms with Gasteiger partial charge in [-0.1, -0.05) is 35.9 Å². The largest absolute Gasteiger partial charge is 0.424 e. The molecule has 1 heterocycles. The zero-order chi connectivity index (χ0) is 23.8. The molecular formula is C26H31NO5. The Labute approximate surface area is 189 Å². The maximum atomic E-state index is 13.7. The molecule has 32 heavy (non-hydrogen) atoms. The number of rotatable bonds is 6. The molecule has 0 aliphatic carbocycles. The molecule has 0 bridgehead atoms. The van der Waals surface area contributed by atoms with Gasteiger partial charge in [-0.05, 0) is 76.8 Å². The van der Waals surface area contributed by atoms with Gasteiger partial charge in [0.15, 0.2) is 6.29 Å². The van der Waals surface area contributed by atoms with Crippen LogP contribution in [0.25, 0.3) is 5.57 Å². The second-order valence-corrected chi connectivity index (χ2v) is 8.75. The van der Waals surface area contributed by atoms with Crippen molar-refractivity contribution in [1.29, 1.82) is 0 Å². The third-order valence-electron chi connectivity index (χ3n) is 5.76. The molecule has 0 aromatic heterocycles. The monoisotopic (exact) mass is 437 g/mol. The molecule has 3 rings (SSSR count). The van der Waals surface area contributed by atoms with Gasteiger partial charge >= 0.3 is 5.97 Å². The van der Waals surface area contributed by atoms with Crippen molar-refractivity contribution >= 4 is 17.4 Å². The first-order chi connectivity index (χ1) is 15.0. The number of hydrogen-bond donors (Lipinski definition) is 0. The average Bonchev–Trinajstić information content (AvgIpc) is 2.88. The van der Waals surface area contributed by atoms with Gasteiger partial charge in [-0.2, -0.15) is 0 Å². The molecule has 0 saturated carbocycles. The van der Waals surface area contributed by atoms with E-state index >= 15 is 0 Å². The van der Waals surface area contributed by atoms with Crippen molar-refractivity contribution in [3.05, 3.63) is 75.5 Å². The van der Waals surface area contributed by atoms with Crippen molar-refractivity contribution in [3.8, 4) is 0 Å². The van der Waals surface area contributed by atoms with Gasteiger partial charge in [0, 0.05) is 7.11 Å². The number of benzene rings is 2. The first-order valence-corrected chi connectivity index (χ1v) is 10.6. The van der Waals surface area contributed by atoms with Crippen LogP contribution in [0.5, 0.6) is 0 Å². The Morgan fingerprint density at radius 2 is 1.59 bits per heavy atom. The van der Waals surface area contributed by atoms with E-state index in [4.69, 9.17) is 14.3 Å². The van der Waals surface area contributed by atoms with E-state index in [2.05, 4.69) is 0 Å². The molecule has 2 aromatic rings. The highest BCUT2D eigenvalue weighted by atomic mass is 16.8. The Balaban J connectivity index is 2.19. The topological polar surface area (TPSA) is 65.1 Å². The zero-order valence-corrected chi connectivity index (χ0v) is 20.0. The summed E-state index contributed by atoms with van der Waals surface area (Å²) in [5.74, 6) is -0.629. The van der Waals surface area contributed by atoms with Crippen LogP contribution in [0.15, 0.2) is 42.2 Å². The molecule has 6 heteroatoms. The normalized spacial score (nSPS) is 16.5. The van der Waals surface area contributed by atoms with E-state index in [0.29, 0.717) is 11.1 Å². The Morgan fingerprint density at radius 3 is 2.16 bits per heavy atom. The summed E-state index contributed by atoms with van der Waals surface area (Å²) in [7, 11) is 1.50. The van der Waals surface area contributed by atoms with Crippen LogP contribution in [0.3, 0.4) is 0 Å². The molecule has 0 N–H and O–H groups in total. The summed E-state index contributed by atoms with van der Waals surface area (Å²) >= 11 is 0. The molecule has 0 saturated heterocycles. The summed E-state index contributed by atoms with van der Waals surface area (Å²) in [6.07, 6.45) is -0.661. The predicted octanol–water partition coefficient (Wildman–Crippen LogP) is 5.03. The Bertz CT molecular complexity index is 1080. The number of esters is 1. The highest BCUT2D eigenvalue weighted by molar-refractivity contribution is 6.23. The highest BCUT2D eigenvalue weighted by Gasteiger charge is 2.51. The van der Waals surface area contributed by atoms with Gasteiger partial charge in [0.1, 0.15) is 11.3 Å². The van der Waals surface area contributed by atoms with E-state index in [0.717, 1.165) is 27.8 Å². The number of nitrogens with zero attached hydrogens (tertiary/aromatic N) is 1. The lowest BCUT2D eigenvalue weighted by molar-refractivity contribution is -0.276. The number of amides is 1. The van der Waals surface area contributed by atoms with Crippen LogP contribution in [-0.2, 0) is 19.1 Å². The van der Waals surface area contributed by atoms with Gasteiger partial charge in [-0.25, -0.2) is 14.7 Å². The molecule has 1 atom stereocenters. The summed E-state index contributed by atoms with van der Waals surface area (Å²) < 4.78 is 11.2. The fourth-order valence-electron chi connectivity index (χ4n) is 4.14. The molecule has 0 fully saturated rings. The second kappa shape index (κ2) is 8.88. The van der Waals surface area contributed by atoms with Crippen molar-refractivity contribution in [2.24, 2.45) is 0 Å². The summed E-state index contributed by atoms with van der Waals surface area (Å²) in [6.45, 7) is 13.0. The van der Waals surface area contributed by atoms with Crippen molar-refractivity contribution in [2.75, 3.05) is 7.11 Å². The Morgan fingerprint density at radius 1 is 1.00 bits per heavy atom. The average molecular weight is 438 g/mol. The van der Waals surface area contributed by atoms with Gasteiger partial charge in [-0.3, -0.25) is 4.79 Å². The summed E-state index contributed by atoms with van der Waals surface area (Å²) in [5.41, 5.74) is 4.22. The molecule has 6 nitrogen and oxygen atoms in total. The van der Waals surface area contributed by atoms with Gasteiger partial charge in [0.25, 0.3) is 5.91 Å². The van der Waals surface area contributed by atoms with E-state index in [1.54, 1.807) is 32.9 Å². The number of methoxy groups -OCH3 is 1. The SMILES string of the molecule is COC(C)ON1C(=O)C(c2c(C)cc(C)cc2C)=C(OC(=O)c2ccccc2C)C1(C)C. The number of carbonyl (C=O) groups is 2. The van der Waals surface area contributed by atoms with Gasteiger partial charge < -0.3 is 9.47 Å². The van der Waals surface area contributed by atoms with E-state index in [9.17, 15) is 9.59 Å². The first-order valence-electron chi connectivity index (χ1n) is 10.6. The molecule has 170 valence electrons. The van der Waals surface area contributed by atoms with E-state index in [1.807, 2.05) is 52.0 Å². The van der Waals surface area contributed by atoms with Gasteiger partial charge in [0.2, 0.25) is 0 Å². The van der Waals surface area contributed by atoms with Crippen LogP contribution in [0, 0.1) is 27.7 Å². The fourth-order valence-corrected chi connectivity index (χ4v) is 4.14. The van der Waals surface area contributed by atoms with Crippen LogP contribution < -0.4 is 0 Å². The first kappa shape index (κ1) is 23.7.